The molecular formula is C34H60N7O17P3S. The third-order valence-corrected chi connectivity index (χ3v) is 13.7. The molecule has 3 heterocycles. The van der Waals surface area contributed by atoms with E-state index in [-0.39, 0.29) is 41.6 Å². The van der Waals surface area contributed by atoms with Gasteiger partial charge in [-0.05, 0) is 12.3 Å². The number of hydrogen-bond donors (Lipinski definition) is 9. The van der Waals surface area contributed by atoms with Crippen LogP contribution >= 0.6 is 35.2 Å². The van der Waals surface area contributed by atoms with E-state index in [1.165, 1.54) is 46.0 Å². The number of phosphoric acid groups is 3. The SMILES string of the molecule is CCCCCCC(C)CCCCC(=O)SCCNC(=O)CCNC(=O)C(O)C(C)(C)COP(=O)(O)OP(=O)(O)OCC1OC(n2cnc3c(N)ncnc32)C(O)C1OP(=O)(O)O. The number of carbonyl (C=O) groups is 3. The molecule has 2 aromatic heterocycles. The van der Waals surface area contributed by atoms with Gasteiger partial charge in [-0.25, -0.2) is 28.6 Å². The molecule has 62 heavy (non-hydrogen) atoms. The second-order valence-corrected chi connectivity index (χ2v) is 20.9. The van der Waals surface area contributed by atoms with Crippen molar-refractivity contribution < 1.29 is 80.5 Å². The summed E-state index contributed by atoms with van der Waals surface area (Å²) >= 11 is 1.15. The highest BCUT2D eigenvalue weighted by Gasteiger charge is 2.50. The fourth-order valence-corrected chi connectivity index (χ4v) is 9.74. The largest absolute Gasteiger partial charge is 0.481 e. The maximum atomic E-state index is 12.7. The summed E-state index contributed by atoms with van der Waals surface area (Å²) in [6, 6.07) is 0. The summed E-state index contributed by atoms with van der Waals surface area (Å²) in [5, 5.41) is 26.6. The Balaban J connectivity index is 1.38. The topological polar surface area (TPSA) is 364 Å². The number of imidazole rings is 1. The Hall–Kier alpha value is -2.44. The Morgan fingerprint density at radius 2 is 1.65 bits per heavy atom. The minimum Gasteiger partial charge on any atom is -0.386 e. The highest BCUT2D eigenvalue weighted by Crippen LogP contribution is 2.61. The molecule has 0 spiro atoms. The van der Waals surface area contributed by atoms with Gasteiger partial charge in [0.2, 0.25) is 11.8 Å². The molecule has 8 atom stereocenters. The number of nitrogens with one attached hydrogen (secondary N) is 2. The molecule has 2 aromatic rings. The second-order valence-electron chi connectivity index (χ2n) is 15.5. The first kappa shape index (κ1) is 53.9. The lowest BCUT2D eigenvalue weighted by Gasteiger charge is -2.30. The third-order valence-electron chi connectivity index (χ3n) is 9.64. The van der Waals surface area contributed by atoms with E-state index >= 15 is 0 Å². The number of aliphatic hydroxyl groups is 2. The number of aliphatic hydroxyl groups excluding tert-OH is 2. The number of nitrogen functional groups attached to an aromatic ring is 1. The zero-order valence-corrected chi connectivity index (χ0v) is 38.5. The van der Waals surface area contributed by atoms with E-state index in [0.717, 1.165) is 48.2 Å². The Morgan fingerprint density at radius 3 is 2.32 bits per heavy atom. The lowest BCUT2D eigenvalue weighted by molar-refractivity contribution is -0.137. The lowest BCUT2D eigenvalue weighted by atomic mass is 9.87. The summed E-state index contributed by atoms with van der Waals surface area (Å²) in [6.07, 6.45) is 2.74. The van der Waals surface area contributed by atoms with Gasteiger partial charge in [0.15, 0.2) is 22.8 Å². The molecule has 1 aliphatic rings. The standard InChI is InChI=1S/C34H60N7O17P3S/c1-5-6-7-8-11-22(2)12-9-10-13-25(43)62-17-16-36-24(42)14-15-37-32(46)29(45)34(3,4)19-55-61(52,53)58-60(50,51)54-18-23-28(57-59(47,48)49)27(44)33(56-23)41-21-40-26-30(35)38-20-39-31(26)41/h20-23,27-29,33,44-45H,5-19H2,1-4H3,(H,36,42)(H,37,46)(H,50,51)(H,52,53)(H2,35,38,39)(H2,47,48,49). The van der Waals surface area contributed by atoms with Crippen molar-refractivity contribution in [2.75, 3.05) is 37.8 Å². The van der Waals surface area contributed by atoms with Crippen molar-refractivity contribution in [1.82, 2.24) is 30.2 Å². The molecule has 24 nitrogen and oxygen atoms in total. The number of anilines is 1. The lowest BCUT2D eigenvalue weighted by Crippen LogP contribution is -2.46. The molecule has 0 saturated carbocycles. The van der Waals surface area contributed by atoms with Crippen molar-refractivity contribution >= 4 is 69.1 Å². The maximum Gasteiger partial charge on any atom is 0.481 e. The first-order chi connectivity index (χ1) is 28.9. The van der Waals surface area contributed by atoms with Crippen LogP contribution in [0.3, 0.4) is 0 Å². The number of thioether (sulfide) groups is 1. The molecule has 1 fully saturated rings. The Kier molecular flexibility index (Phi) is 21.5. The molecule has 0 bridgehead atoms. The van der Waals surface area contributed by atoms with Crippen LogP contribution in [0.4, 0.5) is 5.82 Å². The van der Waals surface area contributed by atoms with Gasteiger partial charge in [-0.15, -0.1) is 0 Å². The van der Waals surface area contributed by atoms with Gasteiger partial charge in [0.1, 0.15) is 36.3 Å². The second kappa shape index (κ2) is 24.7. The van der Waals surface area contributed by atoms with Gasteiger partial charge in [-0.1, -0.05) is 84.4 Å². The van der Waals surface area contributed by atoms with Gasteiger partial charge in [0.25, 0.3) is 0 Å². The Labute approximate surface area is 363 Å². The average molecular weight is 964 g/mol. The van der Waals surface area contributed by atoms with Gasteiger partial charge in [0, 0.05) is 37.1 Å². The van der Waals surface area contributed by atoms with E-state index in [0.29, 0.717) is 18.1 Å². The number of hydrogen-bond acceptors (Lipinski definition) is 18. The van der Waals surface area contributed by atoms with Crippen LogP contribution in [0, 0.1) is 11.3 Å². The normalized spacial score (nSPS) is 21.3. The molecular weight excluding hydrogens is 903 g/mol. The summed E-state index contributed by atoms with van der Waals surface area (Å²) in [5.41, 5.74) is 4.28. The fourth-order valence-electron chi connectivity index (χ4n) is 6.19. The van der Waals surface area contributed by atoms with Crippen LogP contribution in [0.5, 0.6) is 0 Å². The summed E-state index contributed by atoms with van der Waals surface area (Å²) in [7, 11) is -16.4. The quantitative estimate of drug-likeness (QED) is 0.0418. The van der Waals surface area contributed by atoms with Crippen molar-refractivity contribution in [2.45, 2.75) is 123 Å². The number of phosphoric ester groups is 3. The first-order valence-electron chi connectivity index (χ1n) is 20.0. The van der Waals surface area contributed by atoms with E-state index in [1.54, 1.807) is 0 Å². The van der Waals surface area contributed by atoms with Crippen LogP contribution in [-0.2, 0) is 50.7 Å². The molecule has 0 radical (unpaired) electrons. The smallest absolute Gasteiger partial charge is 0.386 e. The highest BCUT2D eigenvalue weighted by molar-refractivity contribution is 8.13. The first-order valence-corrected chi connectivity index (χ1v) is 25.5. The monoisotopic (exact) mass is 963 g/mol. The van der Waals surface area contributed by atoms with Crippen molar-refractivity contribution in [3.63, 3.8) is 0 Å². The number of fused-ring (bicyclic) bond motifs is 1. The van der Waals surface area contributed by atoms with Crippen LogP contribution in [0.15, 0.2) is 12.7 Å². The van der Waals surface area contributed by atoms with Gasteiger partial charge < -0.3 is 50.9 Å². The summed E-state index contributed by atoms with van der Waals surface area (Å²) in [5.74, 6) is -0.377. The minimum atomic E-state index is -5.57. The van der Waals surface area contributed by atoms with Gasteiger partial charge in [-0.2, -0.15) is 4.31 Å². The number of nitrogens with zero attached hydrogens (tertiary/aromatic N) is 4. The number of amides is 2. The number of ether oxygens (including phenoxy) is 1. The molecule has 10 N–H and O–H groups in total. The van der Waals surface area contributed by atoms with Crippen molar-refractivity contribution in [1.29, 1.82) is 0 Å². The Morgan fingerprint density at radius 1 is 0.968 bits per heavy atom. The van der Waals surface area contributed by atoms with Crippen molar-refractivity contribution in [3.8, 4) is 0 Å². The minimum absolute atomic E-state index is 0.0330. The molecule has 0 aromatic carbocycles. The fraction of sp³-hybridized carbons (Fsp3) is 0.765. The van der Waals surface area contributed by atoms with E-state index in [2.05, 4.69) is 48.3 Å². The molecule has 2 amide bonds. The van der Waals surface area contributed by atoms with E-state index in [9.17, 15) is 57.9 Å². The maximum absolute atomic E-state index is 12.7. The third kappa shape index (κ3) is 18.2. The van der Waals surface area contributed by atoms with Crippen molar-refractivity contribution in [2.24, 2.45) is 11.3 Å². The number of carbonyl (C=O) groups excluding carboxylic acids is 3. The van der Waals surface area contributed by atoms with Crippen LogP contribution < -0.4 is 16.4 Å². The number of aromatic nitrogens is 4. The van der Waals surface area contributed by atoms with Gasteiger partial charge >= 0.3 is 23.5 Å². The molecule has 0 aliphatic carbocycles. The number of rotatable bonds is 29. The van der Waals surface area contributed by atoms with Crippen LogP contribution in [0.2, 0.25) is 0 Å². The summed E-state index contributed by atoms with van der Waals surface area (Å²) in [6.45, 7) is 5.01. The zero-order valence-electron chi connectivity index (χ0n) is 35.0. The zero-order chi connectivity index (χ0) is 46.3. The summed E-state index contributed by atoms with van der Waals surface area (Å²) < 4.78 is 62.3. The van der Waals surface area contributed by atoms with E-state index < -0.39 is 84.6 Å². The predicted octanol–water partition coefficient (Wildman–Crippen LogP) is 2.83. The molecule has 1 aliphatic heterocycles. The van der Waals surface area contributed by atoms with Crippen LogP contribution in [0.25, 0.3) is 11.2 Å². The summed E-state index contributed by atoms with van der Waals surface area (Å²) in [4.78, 5) is 88.2. The highest BCUT2D eigenvalue weighted by atomic mass is 32.2. The number of unbranched alkanes of at least 4 members (excludes halogenated alkanes) is 4. The molecule has 1 saturated heterocycles. The van der Waals surface area contributed by atoms with E-state index in [1.807, 2.05) is 0 Å². The molecule has 3 rings (SSSR count). The molecule has 8 unspecified atom stereocenters. The van der Waals surface area contributed by atoms with Gasteiger partial charge in [-0.3, -0.25) is 32.5 Å². The number of nitrogens with two attached hydrogens (primary N) is 1. The van der Waals surface area contributed by atoms with E-state index in [4.69, 9.17) is 19.5 Å². The van der Waals surface area contributed by atoms with Crippen LogP contribution in [0.1, 0.15) is 98.1 Å². The van der Waals surface area contributed by atoms with Gasteiger partial charge in [0.05, 0.1) is 19.5 Å². The Bertz CT molecular complexity index is 1920. The van der Waals surface area contributed by atoms with Crippen LogP contribution in [-0.4, -0.2) is 123 Å². The predicted molar refractivity (Wildman–Crippen MR) is 223 cm³/mol. The molecule has 28 heteroatoms. The molecule has 354 valence electrons. The average Bonchev–Trinajstić information content (AvgIpc) is 3.74. The van der Waals surface area contributed by atoms with Crippen molar-refractivity contribution in [3.05, 3.63) is 12.7 Å².